The smallest absolute Gasteiger partial charge is 1.00 e. The van der Waals surface area contributed by atoms with E-state index in [0.29, 0.717) is 0 Å². The predicted octanol–water partition coefficient (Wildman–Crippen LogP) is 5.27. The van der Waals surface area contributed by atoms with E-state index < -0.39 is 17.4 Å². The van der Waals surface area contributed by atoms with E-state index in [1.807, 2.05) is 0 Å². The average Bonchev–Trinajstić information content (AvgIpc) is 3.83. The van der Waals surface area contributed by atoms with Gasteiger partial charge >= 0.3 is 306 Å². The number of rotatable bonds is 8. The average molecular weight is 752 g/mol. The Morgan fingerprint density at radius 3 is 1.54 bits per heavy atom. The van der Waals surface area contributed by atoms with Crippen molar-refractivity contribution in [3.8, 4) is 11.1 Å². The zero-order valence-corrected chi connectivity index (χ0v) is 33.4. The monoisotopic (exact) mass is 750 g/mol. The molecule has 0 unspecified atom stereocenters. The van der Waals surface area contributed by atoms with E-state index in [1.54, 1.807) is 11.6 Å². The maximum atomic E-state index is 2.65. The van der Waals surface area contributed by atoms with Crippen molar-refractivity contribution < 1.29 is 42.2 Å². The van der Waals surface area contributed by atoms with E-state index in [2.05, 4.69) is 198 Å². The summed E-state index contributed by atoms with van der Waals surface area (Å²) in [6.45, 7) is 9.55. The van der Waals surface area contributed by atoms with E-state index in [9.17, 15) is 0 Å². The molecule has 2 aliphatic carbocycles. The minimum absolute atomic E-state index is 0. The SMILES string of the molecule is CC(C)(c1ccccc1)c1ccc2c(c1)-c1cc(C(C)(C)c3ccccc3)c[c]([Ti+2]([C]3=CC=CC3)=[C](c3ccccc3)c3ccccc3)c1C2.[Cl-].[Cl-]. The van der Waals surface area contributed by atoms with E-state index in [-0.39, 0.29) is 35.6 Å². The van der Waals surface area contributed by atoms with Gasteiger partial charge in [0.05, 0.1) is 0 Å². The topological polar surface area (TPSA) is 0 Å². The molecule has 0 bridgehead atoms. The van der Waals surface area contributed by atoms with Crippen molar-refractivity contribution >= 4 is 7.68 Å². The molecule has 0 fully saturated rings. The molecule has 0 radical (unpaired) electrons. The van der Waals surface area contributed by atoms with Crippen LogP contribution in [-0.4, -0.2) is 3.81 Å². The zero-order valence-electron chi connectivity index (χ0n) is 30.3. The van der Waals surface area contributed by atoms with Crippen molar-refractivity contribution in [3.63, 3.8) is 0 Å². The van der Waals surface area contributed by atoms with Crippen LogP contribution in [0.5, 0.6) is 0 Å². The Labute approximate surface area is 328 Å². The Bertz CT molecular complexity index is 2240. The molecule has 0 spiro atoms. The molecule has 6 aromatic carbocycles. The van der Waals surface area contributed by atoms with Gasteiger partial charge in [-0.1, -0.05) is 0 Å². The number of hydrogen-bond acceptors (Lipinski definition) is 0. The van der Waals surface area contributed by atoms with Gasteiger partial charge in [0, 0.05) is 0 Å². The van der Waals surface area contributed by atoms with Gasteiger partial charge in [-0.2, -0.15) is 0 Å². The van der Waals surface area contributed by atoms with Gasteiger partial charge in [-0.15, -0.1) is 0 Å². The number of allylic oxidation sites excluding steroid dienone is 4. The molecule has 0 amide bonds. The van der Waals surface area contributed by atoms with Gasteiger partial charge in [0.2, 0.25) is 0 Å². The molecule has 52 heavy (non-hydrogen) atoms. The fourth-order valence-corrected chi connectivity index (χ4v) is 13.1. The Morgan fingerprint density at radius 1 is 0.519 bits per heavy atom. The second kappa shape index (κ2) is 15.5. The Balaban J connectivity index is 0.00000232. The zero-order chi connectivity index (χ0) is 34.3. The molecule has 2 aliphatic rings. The third-order valence-corrected chi connectivity index (χ3v) is 16.0. The second-order valence-corrected chi connectivity index (χ2v) is 18.7. The molecule has 0 heterocycles. The summed E-state index contributed by atoms with van der Waals surface area (Å²) < 4.78 is 4.76. The summed E-state index contributed by atoms with van der Waals surface area (Å²) in [5.74, 6) is 0. The van der Waals surface area contributed by atoms with Gasteiger partial charge in [0.1, 0.15) is 0 Å². The number of benzene rings is 6. The molecule has 0 nitrogen and oxygen atoms in total. The van der Waals surface area contributed by atoms with Crippen LogP contribution in [0.4, 0.5) is 0 Å². The summed E-state index contributed by atoms with van der Waals surface area (Å²) >= 11 is -2.38. The quantitative estimate of drug-likeness (QED) is 0.186. The molecule has 6 aromatic rings. The third-order valence-electron chi connectivity index (χ3n) is 11.2. The number of fused-ring (bicyclic) bond motifs is 3. The van der Waals surface area contributed by atoms with Crippen LogP contribution in [-0.2, 0) is 34.7 Å². The predicted molar refractivity (Wildman–Crippen MR) is 209 cm³/mol. The summed E-state index contributed by atoms with van der Waals surface area (Å²) in [6.07, 6.45) is 9.11. The summed E-state index contributed by atoms with van der Waals surface area (Å²) in [5, 5.41) is 0. The Kier molecular flexibility index (Phi) is 11.3. The largest absolute Gasteiger partial charge is 1.00 e. The second-order valence-electron chi connectivity index (χ2n) is 14.9. The van der Waals surface area contributed by atoms with Crippen LogP contribution in [0.1, 0.15) is 78.6 Å². The van der Waals surface area contributed by atoms with Crippen molar-refractivity contribution in [3.05, 3.63) is 218 Å². The molecular formula is C49H44Cl2Ti. The third kappa shape index (κ3) is 6.91. The van der Waals surface area contributed by atoms with E-state index in [4.69, 9.17) is 0 Å². The fraction of sp³-hybridized carbons (Fsp3) is 0.163. The summed E-state index contributed by atoms with van der Waals surface area (Å²) in [5.41, 5.74) is 13.7. The van der Waals surface area contributed by atoms with Crippen LogP contribution in [0.3, 0.4) is 0 Å². The van der Waals surface area contributed by atoms with Crippen LogP contribution in [0, 0.1) is 0 Å². The van der Waals surface area contributed by atoms with Crippen molar-refractivity contribution in [1.29, 1.82) is 0 Å². The number of hydrogen-bond donors (Lipinski definition) is 0. The molecule has 3 heteroatoms. The van der Waals surface area contributed by atoms with Crippen molar-refractivity contribution in [2.45, 2.75) is 51.4 Å². The van der Waals surface area contributed by atoms with Crippen LogP contribution in [0.15, 0.2) is 174 Å². The maximum Gasteiger partial charge on any atom is -1.00 e. The minimum Gasteiger partial charge on any atom is -1.00 e. The molecule has 0 aromatic heterocycles. The summed E-state index contributed by atoms with van der Waals surface area (Å²) in [6, 6.07) is 57.1. The van der Waals surface area contributed by atoms with Crippen LogP contribution >= 0.6 is 0 Å². The minimum atomic E-state index is -2.38. The van der Waals surface area contributed by atoms with Crippen molar-refractivity contribution in [2.75, 3.05) is 0 Å². The van der Waals surface area contributed by atoms with Crippen LogP contribution in [0.25, 0.3) is 11.1 Å². The Morgan fingerprint density at radius 2 is 1.02 bits per heavy atom. The van der Waals surface area contributed by atoms with Gasteiger partial charge < -0.3 is 24.8 Å². The summed E-state index contributed by atoms with van der Waals surface area (Å²) in [4.78, 5) is 0. The van der Waals surface area contributed by atoms with Gasteiger partial charge in [-0.3, -0.25) is 0 Å². The standard InChI is InChI=1S/C31H29.C13H10.C5H5.2ClH.Ti/c1-30(2,24-11-7-5-8-12-24)26-17-15-22-19-23-16-18-27(21-29(23)28(22)20-26)31(3,4)25-13-9-6-10-14-25;1-3-7-12(8-4-1)11-13-9-5-2-6-10-13;1-2-4-5-3-1;;;/h5-15,17-18,20-21H,19H2,1-4H3;1-10H;1-3H,4H2;2*1H;/q;;;;;+2/p-2. The Hall–Kier alpha value is -4.04. The van der Waals surface area contributed by atoms with Crippen molar-refractivity contribution in [1.82, 2.24) is 0 Å². The first-order valence-electron chi connectivity index (χ1n) is 18.0. The first-order chi connectivity index (χ1) is 24.3. The van der Waals surface area contributed by atoms with Gasteiger partial charge in [0.25, 0.3) is 0 Å². The van der Waals surface area contributed by atoms with Crippen LogP contribution < -0.4 is 28.7 Å². The molecule has 258 valence electrons. The van der Waals surface area contributed by atoms with Gasteiger partial charge in [0.15, 0.2) is 0 Å². The van der Waals surface area contributed by atoms with Crippen LogP contribution in [0.2, 0.25) is 0 Å². The van der Waals surface area contributed by atoms with E-state index in [0.717, 1.165) is 12.8 Å². The molecule has 0 N–H and O–H groups in total. The fourth-order valence-electron chi connectivity index (χ4n) is 8.06. The molecule has 0 saturated heterocycles. The normalized spacial score (nSPS) is 12.8. The first kappa shape index (κ1) is 37.7. The molecule has 0 aliphatic heterocycles. The van der Waals surface area contributed by atoms with Crippen molar-refractivity contribution in [2.24, 2.45) is 0 Å². The van der Waals surface area contributed by atoms with Gasteiger partial charge in [-0.05, 0) is 0 Å². The van der Waals surface area contributed by atoms with E-state index in [1.165, 1.54) is 55.6 Å². The maximum absolute atomic E-state index is 2.65. The summed E-state index contributed by atoms with van der Waals surface area (Å²) in [7, 11) is 0. The molecule has 8 rings (SSSR count). The molecule has 0 saturated carbocycles. The molecular weight excluding hydrogens is 707 g/mol. The molecule has 0 atom stereocenters. The first-order valence-corrected chi connectivity index (χ1v) is 20.3. The van der Waals surface area contributed by atoms with Gasteiger partial charge in [-0.25, -0.2) is 0 Å². The number of halogens is 2. The van der Waals surface area contributed by atoms with E-state index >= 15 is 0 Å².